The summed E-state index contributed by atoms with van der Waals surface area (Å²) in [6.07, 6.45) is 2.86. The van der Waals surface area contributed by atoms with Gasteiger partial charge in [0.2, 0.25) is 0 Å². The summed E-state index contributed by atoms with van der Waals surface area (Å²) in [6.45, 7) is 0. The third-order valence-electron chi connectivity index (χ3n) is 1.77. The molecule has 14 heavy (non-hydrogen) atoms. The van der Waals surface area contributed by atoms with E-state index in [1.807, 2.05) is 0 Å². The summed E-state index contributed by atoms with van der Waals surface area (Å²) in [7, 11) is 0. The molecule has 0 amide bonds. The lowest BCUT2D eigenvalue weighted by Crippen LogP contribution is -2.02. The second-order valence-corrected chi connectivity index (χ2v) is 2.65. The van der Waals surface area contributed by atoms with Crippen LogP contribution in [0.2, 0.25) is 0 Å². The highest BCUT2D eigenvalue weighted by molar-refractivity contribution is 5.33. The van der Waals surface area contributed by atoms with Gasteiger partial charge in [-0.05, 0) is 18.2 Å². The Morgan fingerprint density at radius 2 is 1.86 bits per heavy atom. The zero-order valence-electron chi connectivity index (χ0n) is 6.92. The first-order chi connectivity index (χ1) is 6.70. The van der Waals surface area contributed by atoms with Crippen molar-refractivity contribution in [3.05, 3.63) is 48.0 Å². The molecule has 2 rings (SSSR count). The van der Waals surface area contributed by atoms with Gasteiger partial charge in [-0.2, -0.15) is 5.10 Å². The lowest BCUT2D eigenvalue weighted by Gasteiger charge is -2.03. The standard InChI is InChI=1S/C9H5F3N2/c10-6-2-3-7(9(12)8(6)11)14-5-1-4-13-14/h1-5H. The predicted octanol–water partition coefficient (Wildman–Crippen LogP) is 2.29. The van der Waals surface area contributed by atoms with Crippen molar-refractivity contribution in [1.82, 2.24) is 9.78 Å². The van der Waals surface area contributed by atoms with Crippen molar-refractivity contribution in [2.24, 2.45) is 0 Å². The predicted molar refractivity (Wildman–Crippen MR) is 43.4 cm³/mol. The molecular weight excluding hydrogens is 193 g/mol. The highest BCUT2D eigenvalue weighted by Crippen LogP contribution is 2.17. The van der Waals surface area contributed by atoms with Crippen LogP contribution < -0.4 is 0 Å². The molecule has 5 heteroatoms. The molecule has 1 heterocycles. The first-order valence-electron chi connectivity index (χ1n) is 3.83. The molecular formula is C9H5F3N2. The summed E-state index contributed by atoms with van der Waals surface area (Å²) in [5.41, 5.74) is -0.117. The van der Waals surface area contributed by atoms with E-state index in [1.165, 1.54) is 12.4 Å². The van der Waals surface area contributed by atoms with Crippen LogP contribution >= 0.6 is 0 Å². The number of nitrogens with zero attached hydrogens (tertiary/aromatic N) is 2. The van der Waals surface area contributed by atoms with Gasteiger partial charge >= 0.3 is 0 Å². The quantitative estimate of drug-likeness (QED) is 0.643. The average Bonchev–Trinajstić information content (AvgIpc) is 2.67. The fraction of sp³-hybridized carbons (Fsp3) is 0. The first-order valence-corrected chi connectivity index (χ1v) is 3.83. The minimum absolute atomic E-state index is 0.117. The molecule has 72 valence electrons. The number of aromatic nitrogens is 2. The van der Waals surface area contributed by atoms with Crippen molar-refractivity contribution in [2.45, 2.75) is 0 Å². The first kappa shape index (κ1) is 8.80. The Hall–Kier alpha value is -1.78. The Balaban J connectivity index is 2.61. The van der Waals surface area contributed by atoms with Crippen molar-refractivity contribution in [3.63, 3.8) is 0 Å². The zero-order valence-corrected chi connectivity index (χ0v) is 6.92. The largest absolute Gasteiger partial charge is 0.238 e. The molecule has 1 aromatic heterocycles. The van der Waals surface area contributed by atoms with Crippen LogP contribution in [0.4, 0.5) is 13.2 Å². The van der Waals surface area contributed by atoms with Crippen LogP contribution in [0.5, 0.6) is 0 Å². The maximum Gasteiger partial charge on any atom is 0.196 e. The number of hydrogen-bond donors (Lipinski definition) is 0. The van der Waals surface area contributed by atoms with Gasteiger partial charge in [0.1, 0.15) is 5.69 Å². The minimum atomic E-state index is -1.49. The fourth-order valence-electron chi connectivity index (χ4n) is 1.10. The molecule has 0 aliphatic heterocycles. The maximum atomic E-state index is 13.1. The summed E-state index contributed by atoms with van der Waals surface area (Å²) in [6, 6.07) is 3.54. The fourth-order valence-corrected chi connectivity index (χ4v) is 1.10. The average molecular weight is 198 g/mol. The molecule has 2 nitrogen and oxygen atoms in total. The Kier molecular flexibility index (Phi) is 1.99. The van der Waals surface area contributed by atoms with Crippen LogP contribution in [0.3, 0.4) is 0 Å². The van der Waals surface area contributed by atoms with E-state index in [0.29, 0.717) is 0 Å². The Morgan fingerprint density at radius 1 is 1.07 bits per heavy atom. The molecule has 0 spiro atoms. The maximum absolute atomic E-state index is 13.1. The van der Waals surface area contributed by atoms with Crippen LogP contribution in [-0.4, -0.2) is 9.78 Å². The van der Waals surface area contributed by atoms with Gasteiger partial charge in [-0.3, -0.25) is 0 Å². The van der Waals surface area contributed by atoms with E-state index in [2.05, 4.69) is 5.10 Å². The third-order valence-corrected chi connectivity index (χ3v) is 1.77. The summed E-state index contributed by atoms with van der Waals surface area (Å²) < 4.78 is 39.6. The van der Waals surface area contributed by atoms with E-state index in [9.17, 15) is 13.2 Å². The highest BCUT2D eigenvalue weighted by atomic mass is 19.2. The van der Waals surface area contributed by atoms with Gasteiger partial charge in [0.25, 0.3) is 0 Å². The van der Waals surface area contributed by atoms with Crippen LogP contribution in [-0.2, 0) is 0 Å². The summed E-state index contributed by atoms with van der Waals surface area (Å²) in [5, 5.41) is 3.71. The SMILES string of the molecule is Fc1ccc(-n2cccn2)c(F)c1F. The molecule has 0 atom stereocenters. The second kappa shape index (κ2) is 3.17. The highest BCUT2D eigenvalue weighted by Gasteiger charge is 2.14. The Bertz CT molecular complexity index is 451. The van der Waals surface area contributed by atoms with Crippen molar-refractivity contribution in [1.29, 1.82) is 0 Å². The molecule has 0 bridgehead atoms. The molecule has 0 N–H and O–H groups in total. The molecule has 0 aliphatic carbocycles. The second-order valence-electron chi connectivity index (χ2n) is 2.65. The van der Waals surface area contributed by atoms with Crippen LogP contribution in [0.15, 0.2) is 30.6 Å². The molecule has 0 unspecified atom stereocenters. The molecule has 2 aromatic rings. The van der Waals surface area contributed by atoms with E-state index in [0.717, 1.165) is 16.8 Å². The Morgan fingerprint density at radius 3 is 2.50 bits per heavy atom. The molecule has 0 aliphatic rings. The molecule has 1 aromatic carbocycles. The summed E-state index contributed by atoms with van der Waals surface area (Å²) >= 11 is 0. The van der Waals surface area contributed by atoms with Crippen molar-refractivity contribution in [3.8, 4) is 5.69 Å². The lowest BCUT2D eigenvalue weighted by molar-refractivity contribution is 0.443. The van der Waals surface area contributed by atoms with Crippen LogP contribution in [0.25, 0.3) is 5.69 Å². The van der Waals surface area contributed by atoms with E-state index in [4.69, 9.17) is 0 Å². The van der Waals surface area contributed by atoms with Crippen LogP contribution in [0, 0.1) is 17.5 Å². The van der Waals surface area contributed by atoms with Crippen molar-refractivity contribution < 1.29 is 13.2 Å². The van der Waals surface area contributed by atoms with Gasteiger partial charge in [-0.25, -0.2) is 17.9 Å². The smallest absolute Gasteiger partial charge is 0.196 e. The van der Waals surface area contributed by atoms with Gasteiger partial charge in [0, 0.05) is 12.4 Å². The van der Waals surface area contributed by atoms with Gasteiger partial charge in [-0.15, -0.1) is 0 Å². The minimum Gasteiger partial charge on any atom is -0.238 e. The number of benzene rings is 1. The van der Waals surface area contributed by atoms with Gasteiger partial charge in [-0.1, -0.05) is 0 Å². The Labute approximate surface area is 77.6 Å². The van der Waals surface area contributed by atoms with E-state index in [1.54, 1.807) is 6.07 Å². The summed E-state index contributed by atoms with van der Waals surface area (Å²) in [5.74, 6) is -3.94. The summed E-state index contributed by atoms with van der Waals surface area (Å²) in [4.78, 5) is 0. The van der Waals surface area contributed by atoms with E-state index in [-0.39, 0.29) is 5.69 Å². The number of hydrogen-bond acceptors (Lipinski definition) is 1. The molecule has 0 radical (unpaired) electrons. The van der Waals surface area contributed by atoms with Crippen molar-refractivity contribution >= 4 is 0 Å². The van der Waals surface area contributed by atoms with E-state index >= 15 is 0 Å². The normalized spacial score (nSPS) is 10.5. The zero-order chi connectivity index (χ0) is 10.1. The van der Waals surface area contributed by atoms with Gasteiger partial charge < -0.3 is 0 Å². The molecule has 0 fully saturated rings. The van der Waals surface area contributed by atoms with Gasteiger partial charge in [0.15, 0.2) is 17.5 Å². The van der Waals surface area contributed by atoms with E-state index < -0.39 is 17.5 Å². The monoisotopic (exact) mass is 198 g/mol. The van der Waals surface area contributed by atoms with Gasteiger partial charge in [0.05, 0.1) is 0 Å². The number of rotatable bonds is 1. The molecule has 0 saturated carbocycles. The van der Waals surface area contributed by atoms with Crippen molar-refractivity contribution in [2.75, 3.05) is 0 Å². The third kappa shape index (κ3) is 1.26. The van der Waals surface area contributed by atoms with Crippen LogP contribution in [0.1, 0.15) is 0 Å². The topological polar surface area (TPSA) is 17.8 Å². The number of halogens is 3. The lowest BCUT2D eigenvalue weighted by atomic mass is 10.3. The molecule has 0 saturated heterocycles.